The SMILES string of the molecule is O=C(Cc1ccc(Cc2c[nH]c3ncccc23)cn1)c1ccccc1F. The average Bonchev–Trinajstić information content (AvgIpc) is 3.07. The molecule has 1 N–H and O–H groups in total. The lowest BCUT2D eigenvalue weighted by Gasteiger charge is -2.04. The summed E-state index contributed by atoms with van der Waals surface area (Å²) in [7, 11) is 0. The second kappa shape index (κ2) is 6.88. The highest BCUT2D eigenvalue weighted by molar-refractivity contribution is 5.97. The molecule has 4 nitrogen and oxygen atoms in total. The Balaban J connectivity index is 1.48. The molecule has 4 aromatic rings. The first-order valence-electron chi connectivity index (χ1n) is 8.33. The number of H-pyrrole nitrogens is 1. The number of hydrogen-bond donors (Lipinski definition) is 1. The van der Waals surface area contributed by atoms with Crippen LogP contribution in [-0.4, -0.2) is 20.7 Å². The van der Waals surface area contributed by atoms with Crippen LogP contribution in [0.4, 0.5) is 4.39 Å². The Kier molecular flexibility index (Phi) is 4.27. The van der Waals surface area contributed by atoms with Crippen LogP contribution in [0.25, 0.3) is 11.0 Å². The maximum absolute atomic E-state index is 13.7. The number of aromatic nitrogens is 3. The zero-order chi connectivity index (χ0) is 17.9. The fourth-order valence-corrected chi connectivity index (χ4v) is 2.99. The van der Waals surface area contributed by atoms with E-state index < -0.39 is 5.82 Å². The fourth-order valence-electron chi connectivity index (χ4n) is 2.99. The van der Waals surface area contributed by atoms with Gasteiger partial charge in [0.2, 0.25) is 0 Å². The molecular formula is C21H16FN3O. The number of nitrogens with one attached hydrogen (secondary N) is 1. The van der Waals surface area contributed by atoms with Gasteiger partial charge in [-0.3, -0.25) is 9.78 Å². The highest BCUT2D eigenvalue weighted by atomic mass is 19.1. The predicted molar refractivity (Wildman–Crippen MR) is 97.6 cm³/mol. The number of carbonyl (C=O) groups excluding carboxylic acids is 1. The van der Waals surface area contributed by atoms with Gasteiger partial charge in [-0.25, -0.2) is 9.37 Å². The highest BCUT2D eigenvalue weighted by Crippen LogP contribution is 2.19. The molecule has 3 aromatic heterocycles. The van der Waals surface area contributed by atoms with Crippen molar-refractivity contribution >= 4 is 16.8 Å². The van der Waals surface area contributed by atoms with E-state index in [1.807, 2.05) is 30.5 Å². The summed E-state index contributed by atoms with van der Waals surface area (Å²) in [5.74, 6) is -0.770. The number of nitrogens with zero attached hydrogens (tertiary/aromatic N) is 2. The van der Waals surface area contributed by atoms with Gasteiger partial charge in [0.1, 0.15) is 11.5 Å². The molecule has 0 saturated carbocycles. The minimum absolute atomic E-state index is 0.0816. The van der Waals surface area contributed by atoms with Crippen molar-refractivity contribution in [3.05, 3.63) is 95.3 Å². The maximum atomic E-state index is 13.7. The van der Waals surface area contributed by atoms with Gasteiger partial charge in [0.15, 0.2) is 5.78 Å². The molecule has 0 fully saturated rings. The molecule has 0 aliphatic rings. The Labute approximate surface area is 149 Å². The van der Waals surface area contributed by atoms with E-state index in [2.05, 4.69) is 15.0 Å². The van der Waals surface area contributed by atoms with E-state index in [0.717, 1.165) is 28.6 Å². The van der Waals surface area contributed by atoms with Gasteiger partial charge in [0.05, 0.1) is 12.0 Å². The van der Waals surface area contributed by atoms with Crippen LogP contribution in [0, 0.1) is 5.82 Å². The molecule has 0 radical (unpaired) electrons. The van der Waals surface area contributed by atoms with Crippen molar-refractivity contribution in [3.63, 3.8) is 0 Å². The largest absolute Gasteiger partial charge is 0.346 e. The van der Waals surface area contributed by atoms with E-state index in [9.17, 15) is 9.18 Å². The number of hydrogen-bond acceptors (Lipinski definition) is 3. The molecule has 0 amide bonds. The molecule has 0 atom stereocenters. The smallest absolute Gasteiger partial charge is 0.171 e. The quantitative estimate of drug-likeness (QED) is 0.554. The van der Waals surface area contributed by atoms with Crippen LogP contribution < -0.4 is 0 Å². The molecule has 5 heteroatoms. The Hall–Kier alpha value is -3.34. The number of ketones is 1. The Bertz CT molecular complexity index is 1070. The first kappa shape index (κ1) is 16.1. The molecule has 0 spiro atoms. The molecular weight excluding hydrogens is 329 g/mol. The Morgan fingerprint density at radius 3 is 2.73 bits per heavy atom. The molecule has 128 valence electrons. The van der Waals surface area contributed by atoms with Crippen molar-refractivity contribution in [1.29, 1.82) is 0 Å². The average molecular weight is 345 g/mol. The molecule has 1 aromatic carbocycles. The lowest BCUT2D eigenvalue weighted by Crippen LogP contribution is -2.07. The maximum Gasteiger partial charge on any atom is 0.171 e. The number of fused-ring (bicyclic) bond motifs is 1. The Morgan fingerprint density at radius 1 is 1.04 bits per heavy atom. The predicted octanol–water partition coefficient (Wildman–Crippen LogP) is 4.11. The number of halogens is 1. The van der Waals surface area contributed by atoms with Crippen molar-refractivity contribution in [2.24, 2.45) is 0 Å². The van der Waals surface area contributed by atoms with Crippen LogP contribution in [0.2, 0.25) is 0 Å². The third-order valence-electron chi connectivity index (χ3n) is 4.33. The monoisotopic (exact) mass is 345 g/mol. The number of pyridine rings is 2. The lowest BCUT2D eigenvalue weighted by atomic mass is 10.0. The molecule has 0 aliphatic heterocycles. The number of Topliss-reactive ketones (excluding diaryl/α,β-unsaturated/α-hetero) is 1. The Morgan fingerprint density at radius 2 is 1.92 bits per heavy atom. The summed E-state index contributed by atoms with van der Waals surface area (Å²) in [6.07, 6.45) is 6.27. The minimum atomic E-state index is -0.498. The molecule has 0 bridgehead atoms. The summed E-state index contributed by atoms with van der Waals surface area (Å²) >= 11 is 0. The summed E-state index contributed by atoms with van der Waals surface area (Å²) in [6.45, 7) is 0. The number of rotatable bonds is 5. The van der Waals surface area contributed by atoms with Crippen LogP contribution >= 0.6 is 0 Å². The molecule has 4 rings (SSSR count). The molecule has 0 unspecified atom stereocenters. The van der Waals surface area contributed by atoms with Crippen LogP contribution in [0.1, 0.15) is 27.2 Å². The standard InChI is InChI=1S/C21H16FN3O/c22-19-6-2-1-4-18(19)20(26)11-16-8-7-14(12-24-16)10-15-13-25-21-17(15)5-3-9-23-21/h1-9,12-13H,10-11H2,(H,23,25). The van der Waals surface area contributed by atoms with Crippen molar-refractivity contribution in [2.45, 2.75) is 12.8 Å². The van der Waals surface area contributed by atoms with Crippen LogP contribution in [0.15, 0.2) is 67.1 Å². The number of benzene rings is 1. The first-order chi connectivity index (χ1) is 12.7. The van der Waals surface area contributed by atoms with Crippen molar-refractivity contribution in [1.82, 2.24) is 15.0 Å². The van der Waals surface area contributed by atoms with Gasteiger partial charge in [0.25, 0.3) is 0 Å². The summed E-state index contributed by atoms with van der Waals surface area (Å²) in [5, 5.41) is 1.09. The number of carbonyl (C=O) groups is 1. The second-order valence-corrected chi connectivity index (χ2v) is 6.13. The van der Waals surface area contributed by atoms with E-state index in [-0.39, 0.29) is 17.8 Å². The summed E-state index contributed by atoms with van der Waals surface area (Å²) < 4.78 is 13.7. The minimum Gasteiger partial charge on any atom is -0.346 e. The fraction of sp³-hybridized carbons (Fsp3) is 0.0952. The van der Waals surface area contributed by atoms with Crippen molar-refractivity contribution in [2.75, 3.05) is 0 Å². The van der Waals surface area contributed by atoms with E-state index in [0.29, 0.717) is 5.69 Å². The molecule has 3 heterocycles. The van der Waals surface area contributed by atoms with Gasteiger partial charge in [-0.05, 0) is 41.5 Å². The summed E-state index contributed by atoms with van der Waals surface area (Å²) in [5.41, 5.74) is 3.77. The summed E-state index contributed by atoms with van der Waals surface area (Å²) in [6, 6.07) is 13.7. The highest BCUT2D eigenvalue weighted by Gasteiger charge is 2.12. The van der Waals surface area contributed by atoms with Crippen LogP contribution in [0.3, 0.4) is 0 Å². The lowest BCUT2D eigenvalue weighted by molar-refractivity contribution is 0.0988. The van der Waals surface area contributed by atoms with Gasteiger partial charge in [-0.15, -0.1) is 0 Å². The number of aromatic amines is 1. The molecule has 0 saturated heterocycles. The van der Waals surface area contributed by atoms with Crippen molar-refractivity contribution < 1.29 is 9.18 Å². The third-order valence-corrected chi connectivity index (χ3v) is 4.33. The van der Waals surface area contributed by atoms with E-state index >= 15 is 0 Å². The van der Waals surface area contributed by atoms with Gasteiger partial charge >= 0.3 is 0 Å². The van der Waals surface area contributed by atoms with Gasteiger partial charge in [0, 0.05) is 36.1 Å². The van der Waals surface area contributed by atoms with E-state index in [4.69, 9.17) is 0 Å². The first-order valence-corrected chi connectivity index (χ1v) is 8.33. The second-order valence-electron chi connectivity index (χ2n) is 6.13. The molecule has 26 heavy (non-hydrogen) atoms. The van der Waals surface area contributed by atoms with Gasteiger partial charge in [-0.1, -0.05) is 18.2 Å². The van der Waals surface area contributed by atoms with Crippen LogP contribution in [-0.2, 0) is 12.8 Å². The molecule has 0 aliphatic carbocycles. The van der Waals surface area contributed by atoms with Crippen molar-refractivity contribution in [3.8, 4) is 0 Å². The van der Waals surface area contributed by atoms with Gasteiger partial charge < -0.3 is 4.98 Å². The summed E-state index contributed by atoms with van der Waals surface area (Å²) in [4.78, 5) is 24.0. The van der Waals surface area contributed by atoms with Crippen LogP contribution in [0.5, 0.6) is 0 Å². The normalized spacial score (nSPS) is 11.0. The van der Waals surface area contributed by atoms with E-state index in [1.165, 1.54) is 12.1 Å². The topological polar surface area (TPSA) is 58.6 Å². The zero-order valence-electron chi connectivity index (χ0n) is 13.9. The zero-order valence-corrected chi connectivity index (χ0v) is 13.9. The van der Waals surface area contributed by atoms with Gasteiger partial charge in [-0.2, -0.15) is 0 Å². The van der Waals surface area contributed by atoms with E-state index in [1.54, 1.807) is 24.5 Å². The third kappa shape index (κ3) is 3.24.